The Bertz CT molecular complexity index is 690. The Hall–Kier alpha value is -1.85. The molecule has 2 aromatic rings. The Morgan fingerprint density at radius 3 is 2.57 bits per heavy atom. The molecule has 0 bridgehead atoms. The summed E-state index contributed by atoms with van der Waals surface area (Å²) in [4.78, 5) is 2.11. The lowest BCUT2D eigenvalue weighted by atomic mass is 9.88. The minimum atomic E-state index is -0.846. The molecule has 5 heteroatoms. The molecule has 0 aromatic heterocycles. The molecular formula is C18H19F3N2. The average molecular weight is 320 g/mol. The molecule has 1 aliphatic rings. The van der Waals surface area contributed by atoms with E-state index in [0.717, 1.165) is 24.6 Å². The van der Waals surface area contributed by atoms with Crippen molar-refractivity contribution in [2.45, 2.75) is 24.9 Å². The molecular weight excluding hydrogens is 301 g/mol. The highest BCUT2D eigenvalue weighted by Gasteiger charge is 2.26. The predicted octanol–water partition coefficient (Wildman–Crippen LogP) is 3.42. The smallest absolute Gasteiger partial charge is 0.159 e. The van der Waals surface area contributed by atoms with E-state index in [1.807, 2.05) is 6.07 Å². The maximum atomic E-state index is 13.4. The Labute approximate surface area is 133 Å². The normalized spacial score (nSPS) is 22.3. The highest BCUT2D eigenvalue weighted by molar-refractivity contribution is 5.23. The number of hydrogen-bond acceptors (Lipinski definition) is 2. The van der Waals surface area contributed by atoms with Crippen LogP contribution in [0.3, 0.4) is 0 Å². The standard InChI is InChI=1S/C18H19F3N2/c19-15-3-1-2-13(7-15)14-8-16(22)11-23(10-14)9-12-4-5-17(20)18(21)6-12/h1-7,14,16H,8-11,22H2. The van der Waals surface area contributed by atoms with Gasteiger partial charge in [0.1, 0.15) is 5.82 Å². The summed E-state index contributed by atoms with van der Waals surface area (Å²) in [5.41, 5.74) is 7.76. The minimum Gasteiger partial charge on any atom is -0.327 e. The van der Waals surface area contributed by atoms with Gasteiger partial charge in [-0.05, 0) is 47.7 Å². The summed E-state index contributed by atoms with van der Waals surface area (Å²) in [6.07, 6.45) is 0.789. The number of nitrogens with two attached hydrogens (primary N) is 1. The van der Waals surface area contributed by atoms with E-state index in [1.165, 1.54) is 12.1 Å². The molecule has 0 aliphatic carbocycles. The number of nitrogens with zero attached hydrogens (tertiary/aromatic N) is 1. The molecule has 0 spiro atoms. The number of likely N-dealkylation sites (tertiary alicyclic amines) is 1. The monoisotopic (exact) mass is 320 g/mol. The van der Waals surface area contributed by atoms with E-state index in [-0.39, 0.29) is 17.8 Å². The van der Waals surface area contributed by atoms with Crippen LogP contribution in [0, 0.1) is 17.5 Å². The van der Waals surface area contributed by atoms with Crippen LogP contribution < -0.4 is 5.73 Å². The Morgan fingerprint density at radius 2 is 1.83 bits per heavy atom. The van der Waals surface area contributed by atoms with E-state index in [4.69, 9.17) is 5.73 Å². The third kappa shape index (κ3) is 3.92. The van der Waals surface area contributed by atoms with Crippen LogP contribution in [0.4, 0.5) is 13.2 Å². The third-order valence-corrected chi connectivity index (χ3v) is 4.27. The number of hydrogen-bond donors (Lipinski definition) is 1. The van der Waals surface area contributed by atoms with Gasteiger partial charge in [0.05, 0.1) is 0 Å². The largest absolute Gasteiger partial charge is 0.327 e. The molecule has 2 aromatic carbocycles. The van der Waals surface area contributed by atoms with E-state index >= 15 is 0 Å². The van der Waals surface area contributed by atoms with Crippen LogP contribution in [-0.2, 0) is 6.54 Å². The van der Waals surface area contributed by atoms with E-state index in [2.05, 4.69) is 4.90 Å². The van der Waals surface area contributed by atoms with Crippen LogP contribution in [0.15, 0.2) is 42.5 Å². The lowest BCUT2D eigenvalue weighted by Gasteiger charge is -2.36. The molecule has 0 saturated carbocycles. The maximum absolute atomic E-state index is 13.4. The Kier molecular flexibility index (Phi) is 4.68. The zero-order valence-electron chi connectivity index (χ0n) is 12.7. The first-order valence-corrected chi connectivity index (χ1v) is 7.68. The Morgan fingerprint density at radius 1 is 1.00 bits per heavy atom. The van der Waals surface area contributed by atoms with E-state index in [0.29, 0.717) is 18.7 Å². The number of halogens is 3. The summed E-state index contributed by atoms with van der Waals surface area (Å²) in [6, 6.07) is 10.5. The van der Waals surface area contributed by atoms with Gasteiger partial charge in [-0.1, -0.05) is 18.2 Å². The summed E-state index contributed by atoms with van der Waals surface area (Å²) < 4.78 is 39.8. The maximum Gasteiger partial charge on any atom is 0.159 e. The van der Waals surface area contributed by atoms with Gasteiger partial charge in [0.2, 0.25) is 0 Å². The van der Waals surface area contributed by atoms with Gasteiger partial charge in [0.25, 0.3) is 0 Å². The summed E-state index contributed by atoms with van der Waals surface area (Å²) in [5, 5.41) is 0. The molecule has 2 unspecified atom stereocenters. The molecule has 3 rings (SSSR count). The zero-order chi connectivity index (χ0) is 16.4. The number of benzene rings is 2. The summed E-state index contributed by atoms with van der Waals surface area (Å²) in [5.74, 6) is -1.80. The number of piperidine rings is 1. The van der Waals surface area contributed by atoms with E-state index in [9.17, 15) is 13.2 Å². The second-order valence-corrected chi connectivity index (χ2v) is 6.19. The second-order valence-electron chi connectivity index (χ2n) is 6.19. The van der Waals surface area contributed by atoms with Crippen molar-refractivity contribution in [3.05, 3.63) is 71.0 Å². The van der Waals surface area contributed by atoms with Crippen LogP contribution in [-0.4, -0.2) is 24.0 Å². The average Bonchev–Trinajstić information content (AvgIpc) is 2.50. The van der Waals surface area contributed by atoms with Crippen molar-refractivity contribution in [2.24, 2.45) is 5.73 Å². The summed E-state index contributed by atoms with van der Waals surface area (Å²) in [7, 11) is 0. The van der Waals surface area contributed by atoms with Crippen LogP contribution in [0.5, 0.6) is 0 Å². The van der Waals surface area contributed by atoms with Crippen LogP contribution in [0.2, 0.25) is 0 Å². The summed E-state index contributed by atoms with van der Waals surface area (Å²) >= 11 is 0. The number of rotatable bonds is 3. The first-order chi connectivity index (χ1) is 11.0. The molecule has 2 N–H and O–H groups in total. The van der Waals surface area contributed by atoms with Crippen LogP contribution >= 0.6 is 0 Å². The van der Waals surface area contributed by atoms with Crippen molar-refractivity contribution in [1.82, 2.24) is 4.90 Å². The molecule has 1 saturated heterocycles. The van der Waals surface area contributed by atoms with Gasteiger partial charge in [0.15, 0.2) is 11.6 Å². The first-order valence-electron chi connectivity index (χ1n) is 7.68. The quantitative estimate of drug-likeness (QED) is 0.939. The van der Waals surface area contributed by atoms with Crippen molar-refractivity contribution in [3.8, 4) is 0 Å². The van der Waals surface area contributed by atoms with Gasteiger partial charge in [-0.25, -0.2) is 13.2 Å². The fraction of sp³-hybridized carbons (Fsp3) is 0.333. The van der Waals surface area contributed by atoms with Crippen LogP contribution in [0.25, 0.3) is 0 Å². The van der Waals surface area contributed by atoms with E-state index < -0.39 is 11.6 Å². The molecule has 1 fully saturated rings. The lowest BCUT2D eigenvalue weighted by molar-refractivity contribution is 0.181. The molecule has 1 heterocycles. The molecule has 2 atom stereocenters. The van der Waals surface area contributed by atoms with Crippen LogP contribution in [0.1, 0.15) is 23.5 Å². The first kappa shape index (κ1) is 16.0. The molecule has 1 aliphatic heterocycles. The van der Waals surface area contributed by atoms with Crippen molar-refractivity contribution in [2.75, 3.05) is 13.1 Å². The van der Waals surface area contributed by atoms with Gasteiger partial charge in [0, 0.05) is 25.7 Å². The molecule has 122 valence electrons. The fourth-order valence-corrected chi connectivity index (χ4v) is 3.26. The highest BCUT2D eigenvalue weighted by Crippen LogP contribution is 2.28. The van der Waals surface area contributed by atoms with Crippen molar-refractivity contribution >= 4 is 0 Å². The zero-order valence-corrected chi connectivity index (χ0v) is 12.7. The highest BCUT2D eigenvalue weighted by atomic mass is 19.2. The Balaban J connectivity index is 1.74. The van der Waals surface area contributed by atoms with Gasteiger partial charge < -0.3 is 5.73 Å². The minimum absolute atomic E-state index is 0.0256. The molecule has 0 radical (unpaired) electrons. The summed E-state index contributed by atoms with van der Waals surface area (Å²) in [6.45, 7) is 1.90. The predicted molar refractivity (Wildman–Crippen MR) is 83.4 cm³/mol. The molecule has 2 nitrogen and oxygen atoms in total. The van der Waals surface area contributed by atoms with Gasteiger partial charge in [-0.3, -0.25) is 4.90 Å². The van der Waals surface area contributed by atoms with Crippen molar-refractivity contribution in [3.63, 3.8) is 0 Å². The SMILES string of the molecule is NC1CC(c2cccc(F)c2)CN(Cc2ccc(F)c(F)c2)C1. The van der Waals surface area contributed by atoms with E-state index in [1.54, 1.807) is 18.2 Å². The van der Waals surface area contributed by atoms with Gasteiger partial charge >= 0.3 is 0 Å². The van der Waals surface area contributed by atoms with Crippen molar-refractivity contribution < 1.29 is 13.2 Å². The topological polar surface area (TPSA) is 29.3 Å². The fourth-order valence-electron chi connectivity index (χ4n) is 3.26. The van der Waals surface area contributed by atoms with Crippen molar-refractivity contribution in [1.29, 1.82) is 0 Å². The van der Waals surface area contributed by atoms with Gasteiger partial charge in [-0.15, -0.1) is 0 Å². The second kappa shape index (κ2) is 6.72. The third-order valence-electron chi connectivity index (χ3n) is 4.27. The molecule has 0 amide bonds. The van der Waals surface area contributed by atoms with Gasteiger partial charge in [-0.2, -0.15) is 0 Å². The lowest BCUT2D eigenvalue weighted by Crippen LogP contribution is -2.45. The molecule has 23 heavy (non-hydrogen) atoms.